The summed E-state index contributed by atoms with van der Waals surface area (Å²) in [5.41, 5.74) is 2.14. The Balaban J connectivity index is 3.38. The molecule has 1 unspecified atom stereocenters. The van der Waals surface area contributed by atoms with Crippen LogP contribution in [0.1, 0.15) is 39.5 Å². The Hall–Kier alpha value is -0.610. The van der Waals surface area contributed by atoms with Crippen molar-refractivity contribution >= 4 is 5.91 Å². The Morgan fingerprint density at radius 2 is 2.13 bits per heavy atom. The summed E-state index contributed by atoms with van der Waals surface area (Å²) in [6.45, 7) is 6.67. The Labute approximate surface area is 93.2 Å². The quantitative estimate of drug-likeness (QED) is 0.276. The average molecular weight is 215 g/mol. The van der Waals surface area contributed by atoms with Crippen molar-refractivity contribution in [2.24, 2.45) is 11.8 Å². The summed E-state index contributed by atoms with van der Waals surface area (Å²) in [5.74, 6) is 5.67. The number of hydrogen-bond acceptors (Lipinski definition) is 3. The SMILES string of the molecule is CCC(C)CN(C)CCCCC(=O)NN. The molecule has 0 aliphatic rings. The molecule has 0 heterocycles. The lowest BCUT2D eigenvalue weighted by atomic mass is 10.1. The van der Waals surface area contributed by atoms with Gasteiger partial charge in [0.05, 0.1) is 0 Å². The Morgan fingerprint density at radius 1 is 1.47 bits per heavy atom. The fourth-order valence-corrected chi connectivity index (χ4v) is 1.49. The van der Waals surface area contributed by atoms with Crippen LogP contribution in [0.2, 0.25) is 0 Å². The number of rotatable bonds is 8. The minimum atomic E-state index is -0.0698. The van der Waals surface area contributed by atoms with Crippen LogP contribution < -0.4 is 11.3 Å². The molecule has 0 aromatic carbocycles. The number of nitrogens with two attached hydrogens (primary N) is 1. The second-order valence-electron chi connectivity index (χ2n) is 4.30. The molecule has 0 radical (unpaired) electrons. The van der Waals surface area contributed by atoms with Crippen LogP contribution in [0.25, 0.3) is 0 Å². The van der Waals surface area contributed by atoms with Crippen LogP contribution >= 0.6 is 0 Å². The fourth-order valence-electron chi connectivity index (χ4n) is 1.49. The zero-order valence-corrected chi connectivity index (χ0v) is 10.3. The first-order chi connectivity index (χ1) is 7.10. The van der Waals surface area contributed by atoms with E-state index in [1.807, 2.05) is 0 Å². The van der Waals surface area contributed by atoms with Gasteiger partial charge in [-0.05, 0) is 32.4 Å². The predicted molar refractivity (Wildman–Crippen MR) is 63.1 cm³/mol. The standard InChI is InChI=1S/C11H25N3O/c1-4-10(2)9-14(3)8-6-5-7-11(15)13-12/h10H,4-9,12H2,1-3H3,(H,13,15). The molecular weight excluding hydrogens is 190 g/mol. The average Bonchev–Trinajstić information content (AvgIpc) is 2.23. The van der Waals surface area contributed by atoms with E-state index in [1.54, 1.807) is 0 Å². The monoisotopic (exact) mass is 215 g/mol. The van der Waals surface area contributed by atoms with Crippen molar-refractivity contribution in [3.05, 3.63) is 0 Å². The van der Waals surface area contributed by atoms with Crippen LogP contribution in [0.4, 0.5) is 0 Å². The molecule has 4 heteroatoms. The van der Waals surface area contributed by atoms with Crippen molar-refractivity contribution in [1.29, 1.82) is 0 Å². The van der Waals surface area contributed by atoms with E-state index in [0.29, 0.717) is 6.42 Å². The smallest absolute Gasteiger partial charge is 0.233 e. The van der Waals surface area contributed by atoms with Gasteiger partial charge in [-0.2, -0.15) is 0 Å². The highest BCUT2D eigenvalue weighted by Gasteiger charge is 2.04. The molecule has 0 fully saturated rings. The molecule has 4 nitrogen and oxygen atoms in total. The van der Waals surface area contributed by atoms with E-state index in [0.717, 1.165) is 31.8 Å². The van der Waals surface area contributed by atoms with Gasteiger partial charge in [0.1, 0.15) is 0 Å². The van der Waals surface area contributed by atoms with Gasteiger partial charge in [-0.25, -0.2) is 5.84 Å². The van der Waals surface area contributed by atoms with Crippen LogP contribution in [0.3, 0.4) is 0 Å². The third-order valence-corrected chi connectivity index (χ3v) is 2.67. The first kappa shape index (κ1) is 14.4. The third kappa shape index (κ3) is 8.39. The van der Waals surface area contributed by atoms with E-state index < -0.39 is 0 Å². The van der Waals surface area contributed by atoms with Crippen molar-refractivity contribution in [1.82, 2.24) is 10.3 Å². The zero-order valence-electron chi connectivity index (χ0n) is 10.3. The second-order valence-corrected chi connectivity index (χ2v) is 4.30. The van der Waals surface area contributed by atoms with Crippen LogP contribution in [-0.4, -0.2) is 30.9 Å². The van der Waals surface area contributed by atoms with E-state index in [2.05, 4.69) is 31.2 Å². The van der Waals surface area contributed by atoms with Crippen molar-refractivity contribution in [2.45, 2.75) is 39.5 Å². The maximum absolute atomic E-state index is 10.8. The van der Waals surface area contributed by atoms with Gasteiger partial charge in [0.15, 0.2) is 0 Å². The molecular formula is C11H25N3O. The van der Waals surface area contributed by atoms with Crippen LogP contribution in [0, 0.1) is 5.92 Å². The Bertz CT molecular complexity index is 173. The lowest BCUT2D eigenvalue weighted by Crippen LogP contribution is -2.30. The molecule has 3 N–H and O–H groups in total. The molecule has 0 aromatic rings. The van der Waals surface area contributed by atoms with Gasteiger partial charge < -0.3 is 4.90 Å². The molecule has 0 spiro atoms. The normalized spacial score (nSPS) is 12.9. The maximum Gasteiger partial charge on any atom is 0.233 e. The molecule has 0 aliphatic carbocycles. The molecule has 0 rings (SSSR count). The minimum Gasteiger partial charge on any atom is -0.306 e. The fraction of sp³-hybridized carbons (Fsp3) is 0.909. The molecule has 90 valence electrons. The lowest BCUT2D eigenvalue weighted by molar-refractivity contribution is -0.121. The van der Waals surface area contributed by atoms with Gasteiger partial charge in [-0.1, -0.05) is 20.3 Å². The van der Waals surface area contributed by atoms with E-state index >= 15 is 0 Å². The molecule has 1 amide bonds. The largest absolute Gasteiger partial charge is 0.306 e. The van der Waals surface area contributed by atoms with Crippen LogP contribution in [0.5, 0.6) is 0 Å². The van der Waals surface area contributed by atoms with Crippen LogP contribution in [0.15, 0.2) is 0 Å². The molecule has 15 heavy (non-hydrogen) atoms. The number of amides is 1. The lowest BCUT2D eigenvalue weighted by Gasteiger charge is -2.20. The maximum atomic E-state index is 10.8. The van der Waals surface area contributed by atoms with E-state index in [1.165, 1.54) is 6.42 Å². The highest BCUT2D eigenvalue weighted by atomic mass is 16.2. The topological polar surface area (TPSA) is 58.4 Å². The van der Waals surface area contributed by atoms with E-state index in [-0.39, 0.29) is 5.91 Å². The summed E-state index contributed by atoms with van der Waals surface area (Å²) in [4.78, 5) is 13.2. The summed E-state index contributed by atoms with van der Waals surface area (Å²) >= 11 is 0. The zero-order chi connectivity index (χ0) is 11.7. The Kier molecular flexibility index (Phi) is 8.33. The highest BCUT2D eigenvalue weighted by Crippen LogP contribution is 2.04. The summed E-state index contributed by atoms with van der Waals surface area (Å²) in [6.07, 6.45) is 3.72. The number of nitrogens with zero attached hydrogens (tertiary/aromatic N) is 1. The van der Waals surface area contributed by atoms with Gasteiger partial charge in [0.2, 0.25) is 5.91 Å². The number of hydrogen-bond donors (Lipinski definition) is 2. The van der Waals surface area contributed by atoms with Crippen molar-refractivity contribution in [3.8, 4) is 0 Å². The van der Waals surface area contributed by atoms with E-state index in [9.17, 15) is 4.79 Å². The van der Waals surface area contributed by atoms with Gasteiger partial charge in [-0.15, -0.1) is 0 Å². The summed E-state index contributed by atoms with van der Waals surface area (Å²) in [5, 5.41) is 0. The predicted octanol–water partition coefficient (Wildman–Crippen LogP) is 1.12. The molecule has 1 atom stereocenters. The Morgan fingerprint density at radius 3 is 2.67 bits per heavy atom. The molecule has 0 bridgehead atoms. The van der Waals surface area contributed by atoms with E-state index in [4.69, 9.17) is 5.84 Å². The first-order valence-electron chi connectivity index (χ1n) is 5.78. The van der Waals surface area contributed by atoms with Gasteiger partial charge in [-0.3, -0.25) is 10.2 Å². The number of nitrogens with one attached hydrogen (secondary N) is 1. The first-order valence-corrected chi connectivity index (χ1v) is 5.78. The minimum absolute atomic E-state index is 0.0698. The molecule has 0 aliphatic heterocycles. The van der Waals surface area contributed by atoms with Crippen LogP contribution in [-0.2, 0) is 4.79 Å². The highest BCUT2D eigenvalue weighted by molar-refractivity contribution is 5.74. The van der Waals surface area contributed by atoms with Gasteiger partial charge >= 0.3 is 0 Å². The van der Waals surface area contributed by atoms with Crippen molar-refractivity contribution in [3.63, 3.8) is 0 Å². The molecule has 0 saturated heterocycles. The summed E-state index contributed by atoms with van der Waals surface area (Å²) < 4.78 is 0. The van der Waals surface area contributed by atoms with Gasteiger partial charge in [0, 0.05) is 13.0 Å². The number of hydrazine groups is 1. The number of unbranched alkanes of at least 4 members (excludes halogenated alkanes) is 1. The summed E-state index contributed by atoms with van der Waals surface area (Å²) in [6, 6.07) is 0. The van der Waals surface area contributed by atoms with Gasteiger partial charge in [0.25, 0.3) is 0 Å². The third-order valence-electron chi connectivity index (χ3n) is 2.67. The molecule has 0 aromatic heterocycles. The van der Waals surface area contributed by atoms with Crippen molar-refractivity contribution in [2.75, 3.05) is 20.1 Å². The number of carbonyl (C=O) groups is 1. The van der Waals surface area contributed by atoms with Crippen molar-refractivity contribution < 1.29 is 4.79 Å². The second kappa shape index (κ2) is 8.68. The number of carbonyl (C=O) groups excluding carboxylic acids is 1. The summed E-state index contributed by atoms with van der Waals surface area (Å²) in [7, 11) is 2.13. The molecule has 0 saturated carbocycles.